The molecular formula is C23H35N5O3. The zero-order chi connectivity index (χ0) is 22.9. The lowest BCUT2D eigenvalue weighted by Crippen LogP contribution is -2.47. The van der Waals surface area contributed by atoms with Gasteiger partial charge in [0.15, 0.2) is 0 Å². The predicted molar refractivity (Wildman–Crippen MR) is 123 cm³/mol. The number of likely N-dealkylation sites (N-methyl/N-ethyl adjacent to an activating group) is 1. The molecule has 1 aromatic rings. The quantitative estimate of drug-likeness (QED) is 0.412. The fraction of sp³-hybridized carbons (Fsp3) is 0.522. The number of imide groups is 1. The Labute approximate surface area is 185 Å². The van der Waals surface area contributed by atoms with E-state index >= 15 is 0 Å². The molecule has 2 rings (SSSR count). The Morgan fingerprint density at radius 2 is 1.84 bits per heavy atom. The summed E-state index contributed by atoms with van der Waals surface area (Å²) in [5.41, 5.74) is 1.70. The third kappa shape index (κ3) is 6.38. The van der Waals surface area contributed by atoms with Crippen molar-refractivity contribution in [2.75, 3.05) is 39.3 Å². The lowest BCUT2D eigenvalue weighted by Gasteiger charge is -2.35. The van der Waals surface area contributed by atoms with E-state index in [1.54, 1.807) is 0 Å². The summed E-state index contributed by atoms with van der Waals surface area (Å²) in [7, 11) is 0. The largest absolute Gasteiger partial charge is 0.390 e. The average Bonchev–Trinajstić information content (AvgIpc) is 2.80. The van der Waals surface area contributed by atoms with Crippen molar-refractivity contribution in [2.24, 2.45) is 4.99 Å². The van der Waals surface area contributed by atoms with Crippen LogP contribution in [0.4, 0.5) is 4.79 Å². The number of urea groups is 1. The molecule has 1 saturated heterocycles. The average molecular weight is 430 g/mol. The van der Waals surface area contributed by atoms with Gasteiger partial charge in [-0.05, 0) is 44.0 Å². The van der Waals surface area contributed by atoms with Crippen LogP contribution in [-0.2, 0) is 10.3 Å². The molecule has 31 heavy (non-hydrogen) atoms. The molecule has 8 heteroatoms. The molecule has 0 spiro atoms. The minimum atomic E-state index is -0.629. The molecule has 0 unspecified atom stereocenters. The molecule has 1 aliphatic rings. The van der Waals surface area contributed by atoms with Gasteiger partial charge in [0.1, 0.15) is 5.82 Å². The van der Waals surface area contributed by atoms with Crippen LogP contribution in [0.1, 0.15) is 45.2 Å². The Kier molecular flexibility index (Phi) is 9.21. The van der Waals surface area contributed by atoms with E-state index in [-0.39, 0.29) is 6.61 Å². The van der Waals surface area contributed by atoms with E-state index in [1.807, 2.05) is 51.1 Å². The maximum Gasteiger partial charge on any atom is 0.321 e. The van der Waals surface area contributed by atoms with Crippen molar-refractivity contribution in [3.05, 3.63) is 47.3 Å². The number of aliphatic hydroxyl groups excluding tert-OH is 1. The van der Waals surface area contributed by atoms with E-state index in [9.17, 15) is 14.7 Å². The number of carbonyl (C=O) groups excluding carboxylic acids is 2. The van der Waals surface area contributed by atoms with Gasteiger partial charge in [0, 0.05) is 26.2 Å². The van der Waals surface area contributed by atoms with Gasteiger partial charge < -0.3 is 20.2 Å². The zero-order valence-electron chi connectivity index (χ0n) is 19.0. The van der Waals surface area contributed by atoms with Gasteiger partial charge in [0.2, 0.25) is 6.41 Å². The standard InChI is InChI=1S/C23H35N5O3/c1-5-21(28-14-12-27(7-3)13-15-28)25-20(16-29)18-8-10-19(11-9-18)23(4,6-2)26-22(31)24-17-30/h5,8-11,17,29H,6-7,12-16H2,1-4H3,(H2,24,26,30,31)/b21-5+,25-20+/t23-/m0/s1. The van der Waals surface area contributed by atoms with Crippen LogP contribution in [0.25, 0.3) is 0 Å². The number of hydrogen-bond donors (Lipinski definition) is 3. The minimum Gasteiger partial charge on any atom is -0.390 e. The van der Waals surface area contributed by atoms with Crippen molar-refractivity contribution >= 4 is 18.2 Å². The van der Waals surface area contributed by atoms with Crippen molar-refractivity contribution in [2.45, 2.75) is 39.7 Å². The maximum absolute atomic E-state index is 11.8. The number of hydrogen-bond acceptors (Lipinski definition) is 6. The number of amides is 3. The summed E-state index contributed by atoms with van der Waals surface area (Å²) in [5.74, 6) is 0.870. The normalized spacial score (nSPS) is 17.8. The molecule has 0 radical (unpaired) electrons. The Bertz CT molecular complexity index is 798. The van der Waals surface area contributed by atoms with E-state index in [1.165, 1.54) is 0 Å². The highest BCUT2D eigenvalue weighted by atomic mass is 16.3. The second kappa shape index (κ2) is 11.6. The highest BCUT2D eigenvalue weighted by Crippen LogP contribution is 2.25. The van der Waals surface area contributed by atoms with Crippen molar-refractivity contribution in [3.8, 4) is 0 Å². The number of nitrogens with zero attached hydrogens (tertiary/aromatic N) is 3. The van der Waals surface area contributed by atoms with Gasteiger partial charge in [-0.25, -0.2) is 9.79 Å². The van der Waals surface area contributed by atoms with E-state index in [2.05, 4.69) is 27.4 Å². The third-order valence-corrected chi connectivity index (χ3v) is 5.94. The highest BCUT2D eigenvalue weighted by Gasteiger charge is 2.26. The predicted octanol–water partition coefficient (Wildman–Crippen LogP) is 2.05. The van der Waals surface area contributed by atoms with Gasteiger partial charge in [-0.2, -0.15) is 0 Å². The highest BCUT2D eigenvalue weighted by molar-refractivity contribution is 6.02. The van der Waals surface area contributed by atoms with Crippen molar-refractivity contribution in [1.82, 2.24) is 20.4 Å². The van der Waals surface area contributed by atoms with Crippen LogP contribution in [0.5, 0.6) is 0 Å². The molecule has 170 valence electrons. The number of aliphatic hydroxyl groups is 1. The molecule has 0 aliphatic carbocycles. The fourth-order valence-electron chi connectivity index (χ4n) is 3.68. The van der Waals surface area contributed by atoms with Gasteiger partial charge in [-0.3, -0.25) is 10.1 Å². The molecule has 1 fully saturated rings. The first-order valence-corrected chi connectivity index (χ1v) is 10.9. The summed E-state index contributed by atoms with van der Waals surface area (Å²) in [5, 5.41) is 14.9. The maximum atomic E-state index is 11.8. The van der Waals surface area contributed by atoms with Crippen LogP contribution in [0.2, 0.25) is 0 Å². The van der Waals surface area contributed by atoms with Gasteiger partial charge >= 0.3 is 6.03 Å². The van der Waals surface area contributed by atoms with Crippen molar-refractivity contribution in [1.29, 1.82) is 0 Å². The first-order valence-electron chi connectivity index (χ1n) is 10.9. The Morgan fingerprint density at radius 3 is 2.32 bits per heavy atom. The van der Waals surface area contributed by atoms with Crippen LogP contribution >= 0.6 is 0 Å². The Balaban J connectivity index is 2.20. The summed E-state index contributed by atoms with van der Waals surface area (Å²) in [4.78, 5) is 31.8. The summed E-state index contributed by atoms with van der Waals surface area (Å²) in [6.45, 7) is 12.7. The number of carbonyl (C=O) groups is 2. The topological polar surface area (TPSA) is 97.3 Å². The minimum absolute atomic E-state index is 0.170. The number of benzene rings is 1. The smallest absolute Gasteiger partial charge is 0.321 e. The molecule has 1 atom stereocenters. The fourth-order valence-corrected chi connectivity index (χ4v) is 3.68. The molecule has 0 bridgehead atoms. The third-order valence-electron chi connectivity index (χ3n) is 5.94. The van der Waals surface area contributed by atoms with Crippen LogP contribution in [0, 0.1) is 0 Å². The summed E-state index contributed by atoms with van der Waals surface area (Å²) in [6, 6.07) is 7.10. The summed E-state index contributed by atoms with van der Waals surface area (Å²) >= 11 is 0. The number of piperazine rings is 1. The SMILES string of the molecule is C/C=C(\N=C(/CO)c1ccc([C@](C)(CC)NC(=O)NC=O)cc1)N1CCN(CC)CC1. The molecule has 3 N–H and O–H groups in total. The molecular weight excluding hydrogens is 394 g/mol. The summed E-state index contributed by atoms with van der Waals surface area (Å²) in [6.07, 6.45) is 2.99. The lowest BCUT2D eigenvalue weighted by molar-refractivity contribution is -0.108. The Morgan fingerprint density at radius 1 is 1.19 bits per heavy atom. The number of rotatable bonds is 9. The van der Waals surface area contributed by atoms with E-state index in [0.29, 0.717) is 18.5 Å². The van der Waals surface area contributed by atoms with Crippen LogP contribution in [-0.4, -0.2) is 72.4 Å². The monoisotopic (exact) mass is 429 g/mol. The molecule has 1 aromatic carbocycles. The van der Waals surface area contributed by atoms with Gasteiger partial charge in [0.25, 0.3) is 0 Å². The van der Waals surface area contributed by atoms with Crippen molar-refractivity contribution in [3.63, 3.8) is 0 Å². The van der Waals surface area contributed by atoms with Gasteiger partial charge in [-0.1, -0.05) is 38.1 Å². The molecule has 8 nitrogen and oxygen atoms in total. The van der Waals surface area contributed by atoms with Crippen LogP contribution in [0.3, 0.4) is 0 Å². The first-order chi connectivity index (χ1) is 14.9. The molecule has 1 heterocycles. The second-order valence-electron chi connectivity index (χ2n) is 7.76. The number of aliphatic imine (C=N–C) groups is 1. The Hall–Kier alpha value is -2.71. The second-order valence-corrected chi connectivity index (χ2v) is 7.76. The van der Waals surface area contributed by atoms with Crippen LogP contribution in [0.15, 0.2) is 41.2 Å². The van der Waals surface area contributed by atoms with Crippen molar-refractivity contribution < 1.29 is 14.7 Å². The molecule has 1 aliphatic heterocycles. The number of nitrogens with one attached hydrogen (secondary N) is 2. The number of allylic oxidation sites excluding steroid dienone is 1. The molecule has 0 saturated carbocycles. The first kappa shape index (κ1) is 24.6. The molecule has 3 amide bonds. The van der Waals surface area contributed by atoms with Gasteiger partial charge in [-0.15, -0.1) is 0 Å². The van der Waals surface area contributed by atoms with E-state index in [4.69, 9.17) is 4.99 Å². The lowest BCUT2D eigenvalue weighted by atomic mass is 9.88. The van der Waals surface area contributed by atoms with Gasteiger partial charge in [0.05, 0.1) is 17.9 Å². The molecule has 0 aromatic heterocycles. The van der Waals surface area contributed by atoms with Crippen LogP contribution < -0.4 is 10.6 Å². The zero-order valence-corrected chi connectivity index (χ0v) is 19.0. The van der Waals surface area contributed by atoms with E-state index < -0.39 is 11.6 Å². The van der Waals surface area contributed by atoms with E-state index in [0.717, 1.165) is 49.7 Å². The summed E-state index contributed by atoms with van der Waals surface area (Å²) < 4.78 is 0.